The fourth-order valence-corrected chi connectivity index (χ4v) is 2.37. The van der Waals surface area contributed by atoms with Crippen LogP contribution in [0.2, 0.25) is 0 Å². The van der Waals surface area contributed by atoms with Gasteiger partial charge in [0.05, 0.1) is 6.54 Å². The summed E-state index contributed by atoms with van der Waals surface area (Å²) >= 11 is 0. The van der Waals surface area contributed by atoms with E-state index in [9.17, 15) is 4.79 Å². The standard InChI is InChI=1S/C19H25N3O2/c1-14-11-15(2)13-18(12-14)24-10-9-20-19(23)21-16-5-7-17(8-6-16)22(3)4/h5-8,11-13H,9-10H2,1-4H3,(H2,20,21,23). The first-order valence-electron chi connectivity index (χ1n) is 7.97. The number of ether oxygens (including phenoxy) is 1. The third-order valence-electron chi connectivity index (χ3n) is 3.49. The van der Waals surface area contributed by atoms with E-state index >= 15 is 0 Å². The maximum absolute atomic E-state index is 11.9. The molecule has 0 fully saturated rings. The Labute approximate surface area is 143 Å². The van der Waals surface area contributed by atoms with E-state index in [-0.39, 0.29) is 6.03 Å². The van der Waals surface area contributed by atoms with Crippen molar-refractivity contribution in [3.8, 4) is 5.75 Å². The second-order valence-electron chi connectivity index (χ2n) is 5.99. The minimum atomic E-state index is -0.239. The summed E-state index contributed by atoms with van der Waals surface area (Å²) in [5.41, 5.74) is 4.17. The zero-order chi connectivity index (χ0) is 17.5. The summed E-state index contributed by atoms with van der Waals surface area (Å²) in [6.45, 7) is 4.94. The minimum Gasteiger partial charge on any atom is -0.492 e. The molecule has 0 aromatic heterocycles. The highest BCUT2D eigenvalue weighted by Gasteiger charge is 2.02. The number of hydrogen-bond acceptors (Lipinski definition) is 3. The molecule has 2 aromatic rings. The minimum absolute atomic E-state index is 0.239. The van der Waals surface area contributed by atoms with Gasteiger partial charge in [-0.15, -0.1) is 0 Å². The largest absolute Gasteiger partial charge is 0.492 e. The van der Waals surface area contributed by atoms with Gasteiger partial charge in [0.25, 0.3) is 0 Å². The summed E-state index contributed by atoms with van der Waals surface area (Å²) in [6.07, 6.45) is 0. The molecule has 0 aliphatic carbocycles. The number of carbonyl (C=O) groups is 1. The van der Waals surface area contributed by atoms with Gasteiger partial charge >= 0.3 is 6.03 Å². The van der Waals surface area contributed by atoms with Crippen molar-refractivity contribution in [3.05, 3.63) is 53.6 Å². The number of nitrogens with one attached hydrogen (secondary N) is 2. The van der Waals surface area contributed by atoms with Gasteiger partial charge in [-0.1, -0.05) is 6.07 Å². The Morgan fingerprint density at radius 2 is 1.67 bits per heavy atom. The molecule has 2 rings (SSSR count). The summed E-state index contributed by atoms with van der Waals surface area (Å²) in [4.78, 5) is 13.9. The van der Waals surface area contributed by atoms with Gasteiger partial charge < -0.3 is 20.3 Å². The zero-order valence-corrected chi connectivity index (χ0v) is 14.7. The number of anilines is 2. The van der Waals surface area contributed by atoms with Crippen LogP contribution in [0.25, 0.3) is 0 Å². The van der Waals surface area contributed by atoms with Gasteiger partial charge in [-0.2, -0.15) is 0 Å². The quantitative estimate of drug-likeness (QED) is 0.798. The summed E-state index contributed by atoms with van der Waals surface area (Å²) in [6, 6.07) is 13.5. The van der Waals surface area contributed by atoms with Gasteiger partial charge in [0.1, 0.15) is 12.4 Å². The molecule has 0 bridgehead atoms. The summed E-state index contributed by atoms with van der Waals surface area (Å²) < 4.78 is 5.66. The van der Waals surface area contributed by atoms with Gasteiger partial charge in [-0.25, -0.2) is 4.79 Å². The van der Waals surface area contributed by atoms with Crippen LogP contribution in [0.1, 0.15) is 11.1 Å². The topological polar surface area (TPSA) is 53.6 Å². The lowest BCUT2D eigenvalue weighted by molar-refractivity contribution is 0.247. The molecule has 0 saturated heterocycles. The van der Waals surface area contributed by atoms with Crippen LogP contribution in [-0.4, -0.2) is 33.3 Å². The Balaban J connectivity index is 1.73. The smallest absolute Gasteiger partial charge is 0.319 e. The molecule has 2 aromatic carbocycles. The van der Waals surface area contributed by atoms with Gasteiger partial charge in [0, 0.05) is 25.5 Å². The SMILES string of the molecule is Cc1cc(C)cc(OCCNC(=O)Nc2ccc(N(C)C)cc2)c1. The number of urea groups is 1. The molecule has 0 saturated carbocycles. The lowest BCUT2D eigenvalue weighted by Gasteiger charge is -2.13. The van der Waals surface area contributed by atoms with E-state index in [4.69, 9.17) is 4.74 Å². The van der Waals surface area contributed by atoms with Crippen LogP contribution in [0.3, 0.4) is 0 Å². The molecule has 0 spiro atoms. The Hall–Kier alpha value is -2.69. The highest BCUT2D eigenvalue weighted by atomic mass is 16.5. The molecule has 24 heavy (non-hydrogen) atoms. The van der Waals surface area contributed by atoms with Gasteiger partial charge in [0.15, 0.2) is 0 Å². The molecule has 2 amide bonds. The van der Waals surface area contributed by atoms with Crippen molar-refractivity contribution in [3.63, 3.8) is 0 Å². The summed E-state index contributed by atoms with van der Waals surface area (Å²) in [5, 5.41) is 5.58. The lowest BCUT2D eigenvalue weighted by atomic mass is 10.1. The molecule has 0 aliphatic rings. The summed E-state index contributed by atoms with van der Waals surface area (Å²) in [7, 11) is 3.95. The molecule has 0 heterocycles. The second-order valence-corrected chi connectivity index (χ2v) is 5.99. The Morgan fingerprint density at radius 3 is 2.25 bits per heavy atom. The van der Waals surface area contributed by atoms with Crippen LogP contribution in [0.5, 0.6) is 5.75 Å². The molecular weight excluding hydrogens is 302 g/mol. The molecule has 0 atom stereocenters. The van der Waals surface area contributed by atoms with E-state index in [1.807, 2.05) is 69.2 Å². The maximum Gasteiger partial charge on any atom is 0.319 e. The van der Waals surface area contributed by atoms with E-state index in [2.05, 4.69) is 16.7 Å². The van der Waals surface area contributed by atoms with E-state index in [1.54, 1.807) is 0 Å². The molecule has 5 nitrogen and oxygen atoms in total. The molecule has 0 aliphatic heterocycles. The third-order valence-corrected chi connectivity index (χ3v) is 3.49. The summed E-state index contributed by atoms with van der Waals surface area (Å²) in [5.74, 6) is 0.828. The molecule has 0 unspecified atom stereocenters. The van der Waals surface area contributed by atoms with Crippen molar-refractivity contribution < 1.29 is 9.53 Å². The Kier molecular flexibility index (Phi) is 6.07. The van der Waals surface area contributed by atoms with Crippen molar-refractivity contribution in [2.75, 3.05) is 37.5 Å². The van der Waals surface area contributed by atoms with E-state index in [0.29, 0.717) is 13.2 Å². The predicted molar refractivity (Wildman–Crippen MR) is 99.2 cm³/mol. The molecular formula is C19H25N3O2. The zero-order valence-electron chi connectivity index (χ0n) is 14.7. The fourth-order valence-electron chi connectivity index (χ4n) is 2.37. The first kappa shape index (κ1) is 17.7. The lowest BCUT2D eigenvalue weighted by Crippen LogP contribution is -2.32. The normalized spacial score (nSPS) is 10.2. The average Bonchev–Trinajstić information content (AvgIpc) is 2.51. The number of carbonyl (C=O) groups excluding carboxylic acids is 1. The maximum atomic E-state index is 11.9. The Bertz CT molecular complexity index is 661. The van der Waals surface area contributed by atoms with Crippen LogP contribution in [0, 0.1) is 13.8 Å². The number of nitrogens with zero attached hydrogens (tertiary/aromatic N) is 1. The number of amides is 2. The average molecular weight is 327 g/mol. The molecule has 5 heteroatoms. The molecule has 128 valence electrons. The van der Waals surface area contributed by atoms with E-state index in [1.165, 1.54) is 0 Å². The highest BCUT2D eigenvalue weighted by molar-refractivity contribution is 5.89. The van der Waals surface area contributed by atoms with Crippen LogP contribution in [-0.2, 0) is 0 Å². The van der Waals surface area contributed by atoms with Crippen molar-refractivity contribution in [2.24, 2.45) is 0 Å². The Morgan fingerprint density at radius 1 is 1.04 bits per heavy atom. The van der Waals surface area contributed by atoms with Crippen molar-refractivity contribution in [1.29, 1.82) is 0 Å². The van der Waals surface area contributed by atoms with E-state index < -0.39 is 0 Å². The van der Waals surface area contributed by atoms with E-state index in [0.717, 1.165) is 28.3 Å². The van der Waals surface area contributed by atoms with Gasteiger partial charge in [-0.05, 0) is 61.4 Å². The third kappa shape index (κ3) is 5.50. The second kappa shape index (κ2) is 8.24. The van der Waals surface area contributed by atoms with Crippen LogP contribution < -0.4 is 20.3 Å². The van der Waals surface area contributed by atoms with Crippen LogP contribution >= 0.6 is 0 Å². The highest BCUT2D eigenvalue weighted by Crippen LogP contribution is 2.16. The number of rotatable bonds is 6. The van der Waals surface area contributed by atoms with Crippen molar-refractivity contribution >= 4 is 17.4 Å². The molecule has 2 N–H and O–H groups in total. The molecule has 0 radical (unpaired) electrons. The van der Waals surface area contributed by atoms with Gasteiger partial charge in [0.2, 0.25) is 0 Å². The number of hydrogen-bond donors (Lipinski definition) is 2. The van der Waals surface area contributed by atoms with Crippen molar-refractivity contribution in [1.82, 2.24) is 5.32 Å². The first-order valence-corrected chi connectivity index (χ1v) is 7.97. The number of aryl methyl sites for hydroxylation is 2. The van der Waals surface area contributed by atoms with Crippen LogP contribution in [0.4, 0.5) is 16.2 Å². The first-order chi connectivity index (χ1) is 11.4. The van der Waals surface area contributed by atoms with Crippen LogP contribution in [0.15, 0.2) is 42.5 Å². The predicted octanol–water partition coefficient (Wildman–Crippen LogP) is 3.57. The van der Waals surface area contributed by atoms with Gasteiger partial charge in [-0.3, -0.25) is 0 Å². The fraction of sp³-hybridized carbons (Fsp3) is 0.316. The number of benzene rings is 2. The monoisotopic (exact) mass is 327 g/mol. The van der Waals surface area contributed by atoms with Crippen molar-refractivity contribution in [2.45, 2.75) is 13.8 Å².